The van der Waals surface area contributed by atoms with E-state index in [9.17, 15) is 4.79 Å². The van der Waals surface area contributed by atoms with Gasteiger partial charge in [0.05, 0.1) is 6.54 Å². The number of rotatable bonds is 8. The molecule has 1 saturated heterocycles. The van der Waals surface area contributed by atoms with Crippen LogP contribution in [0.2, 0.25) is 0 Å². The van der Waals surface area contributed by atoms with Crippen molar-refractivity contribution in [2.45, 2.75) is 39.0 Å². The molecule has 0 bridgehead atoms. The lowest BCUT2D eigenvalue weighted by Gasteiger charge is -2.31. The fraction of sp³-hybridized carbons (Fsp3) is 0.933. The summed E-state index contributed by atoms with van der Waals surface area (Å²) in [6.07, 6.45) is 6.38. The van der Waals surface area contributed by atoms with Gasteiger partial charge in [0.15, 0.2) is 0 Å². The Balaban J connectivity index is 1.49. The lowest BCUT2D eigenvalue weighted by Crippen LogP contribution is -2.41. The van der Waals surface area contributed by atoms with Crippen molar-refractivity contribution in [3.8, 4) is 0 Å². The molecule has 1 amide bonds. The molecule has 1 heterocycles. The number of carbonyl (C=O) groups is 1. The van der Waals surface area contributed by atoms with Gasteiger partial charge in [-0.15, -0.1) is 0 Å². The van der Waals surface area contributed by atoms with Gasteiger partial charge < -0.3 is 15.5 Å². The third-order valence-corrected chi connectivity index (χ3v) is 4.25. The van der Waals surface area contributed by atoms with E-state index < -0.39 is 0 Å². The molecule has 2 fully saturated rings. The van der Waals surface area contributed by atoms with Gasteiger partial charge in [-0.2, -0.15) is 0 Å². The van der Waals surface area contributed by atoms with E-state index in [2.05, 4.69) is 22.5 Å². The van der Waals surface area contributed by atoms with Crippen molar-refractivity contribution in [3.63, 3.8) is 0 Å². The summed E-state index contributed by atoms with van der Waals surface area (Å²) in [7, 11) is 0. The Morgan fingerprint density at radius 1 is 1.11 bits per heavy atom. The Bertz CT molecular complexity index is 271. The molecule has 4 heteroatoms. The Morgan fingerprint density at radius 3 is 2.42 bits per heavy atom. The SMILES string of the molecule is CCCN1CCC(CNC(=O)CNCC2CC2)CC1. The predicted molar refractivity (Wildman–Crippen MR) is 78.1 cm³/mol. The molecule has 0 radical (unpaired) electrons. The van der Waals surface area contributed by atoms with E-state index in [1.54, 1.807) is 0 Å². The normalized spacial score (nSPS) is 21.5. The number of nitrogens with zero attached hydrogens (tertiary/aromatic N) is 1. The molecule has 0 spiro atoms. The molecule has 0 unspecified atom stereocenters. The molecule has 0 aromatic carbocycles. The standard InChI is InChI=1S/C15H29N3O/c1-2-7-18-8-5-14(6-9-18)11-17-15(19)12-16-10-13-3-4-13/h13-14,16H,2-12H2,1H3,(H,17,19). The third kappa shape index (κ3) is 5.91. The van der Waals surface area contributed by atoms with Gasteiger partial charge >= 0.3 is 0 Å². The Hall–Kier alpha value is -0.610. The molecular formula is C15H29N3O. The molecule has 2 N–H and O–H groups in total. The van der Waals surface area contributed by atoms with Gasteiger partial charge in [0.25, 0.3) is 0 Å². The van der Waals surface area contributed by atoms with Crippen molar-refractivity contribution in [1.82, 2.24) is 15.5 Å². The Kier molecular flexibility index (Phi) is 6.11. The minimum atomic E-state index is 0.164. The van der Waals surface area contributed by atoms with E-state index in [1.807, 2.05) is 0 Å². The van der Waals surface area contributed by atoms with Crippen LogP contribution in [-0.4, -0.2) is 50.1 Å². The number of piperidine rings is 1. The van der Waals surface area contributed by atoms with Gasteiger partial charge in [-0.3, -0.25) is 4.79 Å². The first-order chi connectivity index (χ1) is 9.28. The molecule has 2 rings (SSSR count). The second-order valence-electron chi connectivity index (χ2n) is 6.16. The maximum absolute atomic E-state index is 11.7. The highest BCUT2D eigenvalue weighted by molar-refractivity contribution is 5.77. The van der Waals surface area contributed by atoms with Gasteiger partial charge in [-0.25, -0.2) is 0 Å². The summed E-state index contributed by atoms with van der Waals surface area (Å²) in [5.41, 5.74) is 0. The van der Waals surface area contributed by atoms with Crippen LogP contribution in [0.15, 0.2) is 0 Å². The minimum absolute atomic E-state index is 0.164. The van der Waals surface area contributed by atoms with E-state index in [0.717, 1.165) is 19.0 Å². The fourth-order valence-corrected chi connectivity index (χ4v) is 2.76. The zero-order chi connectivity index (χ0) is 13.5. The molecule has 0 aromatic rings. The summed E-state index contributed by atoms with van der Waals surface area (Å²) in [6.45, 7) is 8.24. The summed E-state index contributed by atoms with van der Waals surface area (Å²) in [6, 6.07) is 0. The zero-order valence-corrected chi connectivity index (χ0v) is 12.3. The van der Waals surface area contributed by atoms with Gasteiger partial charge in [0, 0.05) is 6.54 Å². The second kappa shape index (κ2) is 7.85. The maximum Gasteiger partial charge on any atom is 0.233 e. The van der Waals surface area contributed by atoms with E-state index in [4.69, 9.17) is 0 Å². The smallest absolute Gasteiger partial charge is 0.233 e. The molecule has 4 nitrogen and oxygen atoms in total. The molecule has 1 aliphatic carbocycles. The van der Waals surface area contributed by atoms with E-state index >= 15 is 0 Å². The van der Waals surface area contributed by atoms with Crippen LogP contribution in [0.4, 0.5) is 0 Å². The number of likely N-dealkylation sites (tertiary alicyclic amines) is 1. The molecule has 110 valence electrons. The fourth-order valence-electron chi connectivity index (χ4n) is 2.76. The highest BCUT2D eigenvalue weighted by Crippen LogP contribution is 2.27. The molecule has 19 heavy (non-hydrogen) atoms. The van der Waals surface area contributed by atoms with Gasteiger partial charge in [0.1, 0.15) is 0 Å². The summed E-state index contributed by atoms with van der Waals surface area (Å²) in [5.74, 6) is 1.69. The first kappa shape index (κ1) is 14.8. The van der Waals surface area contributed by atoms with E-state index in [1.165, 1.54) is 51.7 Å². The molecule has 1 saturated carbocycles. The quantitative estimate of drug-likeness (QED) is 0.695. The highest BCUT2D eigenvalue weighted by atomic mass is 16.1. The molecule has 1 aliphatic heterocycles. The number of nitrogens with one attached hydrogen (secondary N) is 2. The number of hydrogen-bond acceptors (Lipinski definition) is 3. The van der Waals surface area contributed by atoms with Crippen LogP contribution >= 0.6 is 0 Å². The first-order valence-corrected chi connectivity index (χ1v) is 7.97. The molecule has 0 aromatic heterocycles. The second-order valence-corrected chi connectivity index (χ2v) is 6.16. The lowest BCUT2D eigenvalue weighted by atomic mass is 9.96. The van der Waals surface area contributed by atoms with Crippen LogP contribution in [0.3, 0.4) is 0 Å². The predicted octanol–water partition coefficient (Wildman–Crippen LogP) is 1.22. The van der Waals surface area contributed by atoms with Crippen LogP contribution in [0, 0.1) is 11.8 Å². The van der Waals surface area contributed by atoms with Crippen molar-refractivity contribution in [1.29, 1.82) is 0 Å². The topological polar surface area (TPSA) is 44.4 Å². The number of carbonyl (C=O) groups excluding carboxylic acids is 1. The van der Waals surface area contributed by atoms with Crippen molar-refractivity contribution in [2.75, 3.05) is 39.3 Å². The maximum atomic E-state index is 11.7. The van der Waals surface area contributed by atoms with Crippen molar-refractivity contribution in [2.24, 2.45) is 11.8 Å². The number of amides is 1. The van der Waals surface area contributed by atoms with E-state index in [0.29, 0.717) is 12.5 Å². The zero-order valence-electron chi connectivity index (χ0n) is 12.3. The summed E-state index contributed by atoms with van der Waals surface area (Å²) < 4.78 is 0. The van der Waals surface area contributed by atoms with E-state index in [-0.39, 0.29) is 5.91 Å². The van der Waals surface area contributed by atoms with Crippen LogP contribution in [0.5, 0.6) is 0 Å². The summed E-state index contributed by atoms with van der Waals surface area (Å²) in [4.78, 5) is 14.2. The van der Waals surface area contributed by atoms with Crippen molar-refractivity contribution < 1.29 is 4.79 Å². The summed E-state index contributed by atoms with van der Waals surface area (Å²) >= 11 is 0. The molecule has 2 aliphatic rings. The van der Waals surface area contributed by atoms with Crippen LogP contribution in [0.1, 0.15) is 39.0 Å². The van der Waals surface area contributed by atoms with Gasteiger partial charge in [-0.1, -0.05) is 6.92 Å². The Labute approximate surface area is 117 Å². The first-order valence-electron chi connectivity index (χ1n) is 7.97. The highest BCUT2D eigenvalue weighted by Gasteiger charge is 2.21. The monoisotopic (exact) mass is 267 g/mol. The third-order valence-electron chi connectivity index (χ3n) is 4.25. The largest absolute Gasteiger partial charge is 0.355 e. The lowest BCUT2D eigenvalue weighted by molar-refractivity contribution is -0.120. The molecule has 0 atom stereocenters. The Morgan fingerprint density at radius 2 is 1.79 bits per heavy atom. The average Bonchev–Trinajstić information content (AvgIpc) is 3.22. The van der Waals surface area contributed by atoms with Gasteiger partial charge in [-0.05, 0) is 70.1 Å². The summed E-state index contributed by atoms with van der Waals surface area (Å²) in [5, 5.41) is 6.31. The van der Waals surface area contributed by atoms with Crippen LogP contribution in [-0.2, 0) is 4.79 Å². The van der Waals surface area contributed by atoms with Crippen LogP contribution in [0.25, 0.3) is 0 Å². The number of hydrogen-bond donors (Lipinski definition) is 2. The van der Waals surface area contributed by atoms with Crippen molar-refractivity contribution >= 4 is 5.91 Å². The van der Waals surface area contributed by atoms with Crippen LogP contribution < -0.4 is 10.6 Å². The molecular weight excluding hydrogens is 238 g/mol. The van der Waals surface area contributed by atoms with Gasteiger partial charge in [0.2, 0.25) is 5.91 Å². The van der Waals surface area contributed by atoms with Crippen molar-refractivity contribution in [3.05, 3.63) is 0 Å². The average molecular weight is 267 g/mol. The minimum Gasteiger partial charge on any atom is -0.355 e.